The van der Waals surface area contributed by atoms with Crippen LogP contribution in [0.25, 0.3) is 5.57 Å². The largest absolute Gasteiger partial charge is 0.431 e. The maximum Gasteiger partial charge on any atom is 0.345 e. The molecule has 1 rings (SSSR count). The van der Waals surface area contributed by atoms with Crippen LogP contribution in [0.15, 0.2) is 48.4 Å². The Morgan fingerprint density at radius 3 is 2.53 bits per heavy atom. The quantitative estimate of drug-likeness (QED) is 0.492. The zero-order valence-electron chi connectivity index (χ0n) is 10.1. The molecule has 0 bridgehead atoms. The summed E-state index contributed by atoms with van der Waals surface area (Å²) in [6, 6.07) is 9.30. The van der Waals surface area contributed by atoms with E-state index in [0.717, 1.165) is 5.56 Å². The minimum Gasteiger partial charge on any atom is -0.431 e. The van der Waals surface area contributed by atoms with Crippen LogP contribution in [-0.4, -0.2) is 5.97 Å². The SMILES string of the molecule is C/C=C\OC(=O)/C(=C(\N)CC)c1ccccc1. The number of benzene rings is 1. The Balaban J connectivity index is 3.11. The van der Waals surface area contributed by atoms with Crippen molar-refractivity contribution in [1.82, 2.24) is 0 Å². The van der Waals surface area contributed by atoms with E-state index in [1.807, 2.05) is 37.3 Å². The Morgan fingerprint density at radius 1 is 1.35 bits per heavy atom. The van der Waals surface area contributed by atoms with Crippen molar-refractivity contribution in [3.63, 3.8) is 0 Å². The first-order chi connectivity index (χ1) is 8.20. The van der Waals surface area contributed by atoms with E-state index in [4.69, 9.17) is 10.5 Å². The summed E-state index contributed by atoms with van der Waals surface area (Å²) in [5.74, 6) is -0.423. The second kappa shape index (κ2) is 6.53. The molecule has 0 aliphatic rings. The Hall–Kier alpha value is -2.03. The van der Waals surface area contributed by atoms with Crippen LogP contribution >= 0.6 is 0 Å². The average Bonchev–Trinajstić information content (AvgIpc) is 2.37. The lowest BCUT2D eigenvalue weighted by Crippen LogP contribution is -2.11. The molecule has 0 aromatic heterocycles. The molecule has 1 aromatic carbocycles. The van der Waals surface area contributed by atoms with Crippen LogP contribution in [0, 0.1) is 0 Å². The maximum absolute atomic E-state index is 11.9. The molecule has 0 saturated heterocycles. The molecule has 0 saturated carbocycles. The molecule has 0 atom stereocenters. The van der Waals surface area contributed by atoms with Crippen LogP contribution in [0.1, 0.15) is 25.8 Å². The molecule has 1 aromatic rings. The lowest BCUT2D eigenvalue weighted by molar-refractivity contribution is -0.131. The number of carbonyl (C=O) groups is 1. The summed E-state index contributed by atoms with van der Waals surface area (Å²) in [6.07, 6.45) is 3.62. The average molecular weight is 231 g/mol. The fraction of sp³-hybridized carbons (Fsp3) is 0.214. The van der Waals surface area contributed by atoms with Crippen LogP contribution in [-0.2, 0) is 9.53 Å². The third-order valence-electron chi connectivity index (χ3n) is 2.28. The fourth-order valence-corrected chi connectivity index (χ4v) is 1.40. The first-order valence-electron chi connectivity index (χ1n) is 5.56. The molecule has 0 aliphatic heterocycles. The molecule has 3 nitrogen and oxygen atoms in total. The van der Waals surface area contributed by atoms with Gasteiger partial charge in [0.2, 0.25) is 0 Å². The van der Waals surface area contributed by atoms with Crippen molar-refractivity contribution in [2.24, 2.45) is 5.73 Å². The summed E-state index contributed by atoms with van der Waals surface area (Å²) in [4.78, 5) is 11.9. The molecular weight excluding hydrogens is 214 g/mol. The lowest BCUT2D eigenvalue weighted by atomic mass is 10.0. The first kappa shape index (κ1) is 13.0. The Morgan fingerprint density at radius 2 is 2.00 bits per heavy atom. The van der Waals surface area contributed by atoms with Gasteiger partial charge in [-0.2, -0.15) is 0 Å². The van der Waals surface area contributed by atoms with Gasteiger partial charge in [-0.05, 0) is 18.9 Å². The van der Waals surface area contributed by atoms with Crippen molar-refractivity contribution in [3.8, 4) is 0 Å². The highest BCUT2D eigenvalue weighted by Crippen LogP contribution is 2.19. The third-order valence-corrected chi connectivity index (χ3v) is 2.28. The van der Waals surface area contributed by atoms with Gasteiger partial charge in [-0.3, -0.25) is 0 Å². The molecule has 0 aliphatic carbocycles. The number of carbonyl (C=O) groups excluding carboxylic acids is 1. The molecule has 2 N–H and O–H groups in total. The lowest BCUT2D eigenvalue weighted by Gasteiger charge is -2.09. The molecular formula is C14H17NO2. The minimum absolute atomic E-state index is 0.423. The highest BCUT2D eigenvalue weighted by atomic mass is 16.5. The second-order valence-electron chi connectivity index (χ2n) is 3.49. The van der Waals surface area contributed by atoms with Crippen LogP contribution < -0.4 is 5.73 Å². The molecule has 0 unspecified atom stereocenters. The van der Waals surface area contributed by atoms with Gasteiger partial charge in [0.05, 0.1) is 11.8 Å². The Kier molecular flexibility index (Phi) is 5.01. The molecule has 3 heteroatoms. The highest BCUT2D eigenvalue weighted by molar-refractivity contribution is 6.17. The molecule has 0 fully saturated rings. The fourth-order valence-electron chi connectivity index (χ4n) is 1.40. The van der Waals surface area contributed by atoms with Crippen molar-refractivity contribution < 1.29 is 9.53 Å². The van der Waals surface area contributed by atoms with Gasteiger partial charge in [-0.25, -0.2) is 4.79 Å². The van der Waals surface area contributed by atoms with Crippen molar-refractivity contribution >= 4 is 11.5 Å². The van der Waals surface area contributed by atoms with Gasteiger partial charge in [0.1, 0.15) is 0 Å². The van der Waals surface area contributed by atoms with E-state index < -0.39 is 5.97 Å². The zero-order chi connectivity index (χ0) is 12.7. The predicted octanol–water partition coefficient (Wildman–Crippen LogP) is 2.84. The monoisotopic (exact) mass is 231 g/mol. The molecule has 0 radical (unpaired) electrons. The maximum atomic E-state index is 11.9. The van der Waals surface area contributed by atoms with E-state index in [2.05, 4.69) is 0 Å². The highest BCUT2D eigenvalue weighted by Gasteiger charge is 2.15. The number of ether oxygens (including phenoxy) is 1. The number of allylic oxidation sites excluding steroid dienone is 2. The molecule has 17 heavy (non-hydrogen) atoms. The van der Waals surface area contributed by atoms with E-state index in [-0.39, 0.29) is 0 Å². The zero-order valence-corrected chi connectivity index (χ0v) is 10.1. The smallest absolute Gasteiger partial charge is 0.345 e. The van der Waals surface area contributed by atoms with Gasteiger partial charge in [0.15, 0.2) is 0 Å². The van der Waals surface area contributed by atoms with Crippen molar-refractivity contribution in [2.75, 3.05) is 0 Å². The third kappa shape index (κ3) is 3.48. The van der Waals surface area contributed by atoms with Crippen LogP contribution in [0.4, 0.5) is 0 Å². The van der Waals surface area contributed by atoms with E-state index in [1.165, 1.54) is 6.26 Å². The summed E-state index contributed by atoms with van der Waals surface area (Å²) in [5.41, 5.74) is 7.62. The number of nitrogens with two attached hydrogens (primary N) is 1. The molecule has 0 heterocycles. The van der Waals surface area contributed by atoms with Gasteiger partial charge in [0.25, 0.3) is 0 Å². The Labute approximate surface area is 102 Å². The van der Waals surface area contributed by atoms with Crippen LogP contribution in [0.5, 0.6) is 0 Å². The van der Waals surface area contributed by atoms with E-state index >= 15 is 0 Å². The summed E-state index contributed by atoms with van der Waals surface area (Å²) >= 11 is 0. The molecule has 90 valence electrons. The first-order valence-corrected chi connectivity index (χ1v) is 5.56. The number of hydrogen-bond donors (Lipinski definition) is 1. The summed E-state index contributed by atoms with van der Waals surface area (Å²) in [5, 5.41) is 0. The Bertz CT molecular complexity index is 433. The van der Waals surface area contributed by atoms with Gasteiger partial charge in [-0.15, -0.1) is 0 Å². The topological polar surface area (TPSA) is 52.3 Å². The van der Waals surface area contributed by atoms with E-state index in [1.54, 1.807) is 13.0 Å². The van der Waals surface area contributed by atoms with Gasteiger partial charge in [-0.1, -0.05) is 43.3 Å². The summed E-state index contributed by atoms with van der Waals surface area (Å²) in [6.45, 7) is 3.68. The summed E-state index contributed by atoms with van der Waals surface area (Å²) < 4.78 is 4.97. The van der Waals surface area contributed by atoms with Crippen molar-refractivity contribution in [3.05, 3.63) is 53.9 Å². The number of esters is 1. The van der Waals surface area contributed by atoms with Crippen molar-refractivity contribution in [1.29, 1.82) is 0 Å². The second-order valence-corrected chi connectivity index (χ2v) is 3.49. The predicted molar refractivity (Wildman–Crippen MR) is 68.7 cm³/mol. The van der Waals surface area contributed by atoms with E-state index in [0.29, 0.717) is 17.7 Å². The van der Waals surface area contributed by atoms with Gasteiger partial charge < -0.3 is 10.5 Å². The molecule has 0 amide bonds. The number of hydrogen-bond acceptors (Lipinski definition) is 3. The van der Waals surface area contributed by atoms with Crippen molar-refractivity contribution in [2.45, 2.75) is 20.3 Å². The summed E-state index contributed by atoms with van der Waals surface area (Å²) in [7, 11) is 0. The normalized spacial score (nSPS) is 12.4. The van der Waals surface area contributed by atoms with E-state index in [9.17, 15) is 4.79 Å². The molecule has 0 spiro atoms. The number of rotatable bonds is 4. The minimum atomic E-state index is -0.423. The van der Waals surface area contributed by atoms with Gasteiger partial charge >= 0.3 is 5.97 Å². The van der Waals surface area contributed by atoms with Crippen LogP contribution in [0.2, 0.25) is 0 Å². The van der Waals surface area contributed by atoms with Crippen LogP contribution in [0.3, 0.4) is 0 Å². The van der Waals surface area contributed by atoms with Gasteiger partial charge in [0, 0.05) is 5.70 Å². The standard InChI is InChI=1S/C14H17NO2/c1-3-10-17-14(16)13(12(15)4-2)11-8-6-5-7-9-11/h3,5-10H,4,15H2,1-2H3/b10-3-,13-12-.